The second-order valence-corrected chi connectivity index (χ2v) is 6.33. The molecule has 0 saturated heterocycles. The van der Waals surface area contributed by atoms with E-state index in [-0.39, 0.29) is 16.8 Å². The number of nitrogens with zero attached hydrogens (tertiary/aromatic N) is 1. The minimum atomic E-state index is -0.0877. The number of benzene rings is 1. The van der Waals surface area contributed by atoms with Gasteiger partial charge in [-0.1, -0.05) is 54.0 Å². The summed E-state index contributed by atoms with van der Waals surface area (Å²) in [6.45, 7) is 4.13. The number of rotatable bonds is 3. The van der Waals surface area contributed by atoms with E-state index in [0.717, 1.165) is 12.8 Å². The first kappa shape index (κ1) is 13.6. The highest BCUT2D eigenvalue weighted by Crippen LogP contribution is 2.35. The molecule has 2 nitrogen and oxygen atoms in total. The molecule has 0 aromatic heterocycles. The molecule has 0 radical (unpaired) electrons. The molecular formula is C15H20BrNO. The molecule has 2 rings (SSSR count). The van der Waals surface area contributed by atoms with Crippen LogP contribution in [0.3, 0.4) is 0 Å². The van der Waals surface area contributed by atoms with Gasteiger partial charge < -0.3 is 4.90 Å². The highest BCUT2D eigenvalue weighted by Gasteiger charge is 2.31. The maximum Gasteiger partial charge on any atom is 0.236 e. The van der Waals surface area contributed by atoms with Gasteiger partial charge in [-0.25, -0.2) is 0 Å². The van der Waals surface area contributed by atoms with Crippen LogP contribution in [0.5, 0.6) is 0 Å². The zero-order valence-corrected chi connectivity index (χ0v) is 12.8. The lowest BCUT2D eigenvalue weighted by Gasteiger charge is -2.28. The highest BCUT2D eigenvalue weighted by atomic mass is 79.9. The van der Waals surface area contributed by atoms with E-state index in [9.17, 15) is 4.79 Å². The summed E-state index contributed by atoms with van der Waals surface area (Å²) in [6, 6.07) is 8.69. The van der Waals surface area contributed by atoms with Crippen LogP contribution < -0.4 is 0 Å². The molecule has 0 saturated carbocycles. The van der Waals surface area contributed by atoms with Crippen molar-refractivity contribution < 1.29 is 4.79 Å². The Morgan fingerprint density at radius 3 is 2.72 bits per heavy atom. The summed E-state index contributed by atoms with van der Waals surface area (Å²) in [7, 11) is 1.92. The van der Waals surface area contributed by atoms with Gasteiger partial charge in [0.2, 0.25) is 5.91 Å². The smallest absolute Gasteiger partial charge is 0.236 e. The van der Waals surface area contributed by atoms with E-state index in [1.165, 1.54) is 11.1 Å². The van der Waals surface area contributed by atoms with Gasteiger partial charge in [0.05, 0.1) is 10.9 Å². The Morgan fingerprint density at radius 2 is 2.06 bits per heavy atom. The molecule has 0 aliphatic heterocycles. The minimum Gasteiger partial charge on any atom is -0.338 e. The molecule has 1 aromatic carbocycles. The summed E-state index contributed by atoms with van der Waals surface area (Å²) in [5, 5.41) is 0. The van der Waals surface area contributed by atoms with Gasteiger partial charge in [-0.05, 0) is 29.9 Å². The molecule has 1 aliphatic carbocycles. The topological polar surface area (TPSA) is 20.3 Å². The van der Waals surface area contributed by atoms with Gasteiger partial charge in [0.25, 0.3) is 0 Å². The average Bonchev–Trinajstić information content (AvgIpc) is 2.79. The Hall–Kier alpha value is -0.830. The van der Waals surface area contributed by atoms with Gasteiger partial charge in [-0.2, -0.15) is 0 Å². The largest absolute Gasteiger partial charge is 0.338 e. The van der Waals surface area contributed by atoms with Crippen LogP contribution in [0.4, 0.5) is 0 Å². The number of halogens is 1. The molecule has 0 N–H and O–H groups in total. The Kier molecular flexibility index (Phi) is 4.10. The summed E-state index contributed by atoms with van der Waals surface area (Å²) in [6.07, 6.45) is 2.12. The Balaban J connectivity index is 2.16. The van der Waals surface area contributed by atoms with E-state index in [4.69, 9.17) is 0 Å². The van der Waals surface area contributed by atoms with Crippen molar-refractivity contribution in [2.24, 2.45) is 5.92 Å². The van der Waals surface area contributed by atoms with Crippen molar-refractivity contribution in [2.45, 2.75) is 37.6 Å². The van der Waals surface area contributed by atoms with Crippen molar-refractivity contribution in [3.63, 3.8) is 0 Å². The Morgan fingerprint density at radius 1 is 1.39 bits per heavy atom. The van der Waals surface area contributed by atoms with Crippen molar-refractivity contribution in [1.29, 1.82) is 0 Å². The molecule has 1 amide bonds. The number of hydrogen-bond donors (Lipinski definition) is 0. The number of alkyl halides is 1. The fourth-order valence-electron chi connectivity index (χ4n) is 2.57. The number of aryl methyl sites for hydroxylation is 1. The van der Waals surface area contributed by atoms with E-state index in [1.54, 1.807) is 0 Å². The predicted molar refractivity (Wildman–Crippen MR) is 77.8 cm³/mol. The summed E-state index contributed by atoms with van der Waals surface area (Å²) in [5.74, 6) is 0.503. The van der Waals surface area contributed by atoms with Crippen LogP contribution in [0.15, 0.2) is 24.3 Å². The van der Waals surface area contributed by atoms with Crippen LogP contribution in [0.2, 0.25) is 0 Å². The third-order valence-corrected chi connectivity index (χ3v) is 5.19. The number of carbonyl (C=O) groups excluding carboxylic acids is 1. The lowest BCUT2D eigenvalue weighted by Crippen LogP contribution is -2.37. The Labute approximate surface area is 117 Å². The molecule has 2 atom stereocenters. The summed E-state index contributed by atoms with van der Waals surface area (Å²) < 4.78 is 0. The molecule has 0 heterocycles. The van der Waals surface area contributed by atoms with E-state index >= 15 is 0 Å². The SMILES string of the molecule is CC(C)C(Br)C(=O)N(C)C1CCc2ccccc21. The molecule has 3 heteroatoms. The van der Waals surface area contributed by atoms with E-state index in [2.05, 4.69) is 54.0 Å². The average molecular weight is 310 g/mol. The fraction of sp³-hybridized carbons (Fsp3) is 0.533. The van der Waals surface area contributed by atoms with Crippen molar-refractivity contribution in [1.82, 2.24) is 4.90 Å². The molecule has 1 aromatic rings. The summed E-state index contributed by atoms with van der Waals surface area (Å²) >= 11 is 3.50. The highest BCUT2D eigenvalue weighted by molar-refractivity contribution is 9.10. The van der Waals surface area contributed by atoms with E-state index in [0.29, 0.717) is 5.92 Å². The molecular weight excluding hydrogens is 290 g/mol. The number of fused-ring (bicyclic) bond motifs is 1. The second-order valence-electron chi connectivity index (χ2n) is 5.35. The van der Waals surface area contributed by atoms with Crippen LogP contribution in [0, 0.1) is 5.92 Å². The molecule has 18 heavy (non-hydrogen) atoms. The molecule has 98 valence electrons. The van der Waals surface area contributed by atoms with Gasteiger partial charge in [0.1, 0.15) is 0 Å². The van der Waals surface area contributed by atoms with Gasteiger partial charge in [0, 0.05) is 7.05 Å². The maximum absolute atomic E-state index is 12.4. The van der Waals surface area contributed by atoms with E-state index < -0.39 is 0 Å². The lowest BCUT2D eigenvalue weighted by molar-refractivity contribution is -0.132. The predicted octanol–water partition coefficient (Wildman–Crippen LogP) is 3.55. The number of carbonyl (C=O) groups is 1. The van der Waals surface area contributed by atoms with Crippen LogP contribution in [0.1, 0.15) is 37.4 Å². The quantitative estimate of drug-likeness (QED) is 0.782. The molecule has 1 aliphatic rings. The van der Waals surface area contributed by atoms with Gasteiger partial charge in [-0.3, -0.25) is 4.79 Å². The van der Waals surface area contributed by atoms with Crippen molar-refractivity contribution in [2.75, 3.05) is 7.05 Å². The van der Waals surface area contributed by atoms with Gasteiger partial charge in [-0.15, -0.1) is 0 Å². The minimum absolute atomic E-state index is 0.0877. The fourth-order valence-corrected chi connectivity index (χ4v) is 2.89. The molecule has 0 spiro atoms. The number of hydrogen-bond acceptors (Lipinski definition) is 1. The summed E-state index contributed by atoms with van der Waals surface area (Å²) in [5.41, 5.74) is 2.70. The first-order chi connectivity index (χ1) is 8.52. The van der Waals surface area contributed by atoms with E-state index in [1.807, 2.05) is 11.9 Å². The molecule has 2 unspecified atom stereocenters. The number of amides is 1. The van der Waals surface area contributed by atoms with Crippen LogP contribution >= 0.6 is 15.9 Å². The van der Waals surface area contributed by atoms with Crippen LogP contribution in [-0.4, -0.2) is 22.7 Å². The normalized spacial score (nSPS) is 19.7. The molecule has 0 fully saturated rings. The monoisotopic (exact) mass is 309 g/mol. The zero-order valence-electron chi connectivity index (χ0n) is 11.2. The lowest BCUT2D eigenvalue weighted by atomic mass is 10.1. The first-order valence-corrected chi connectivity index (χ1v) is 7.42. The summed E-state index contributed by atoms with van der Waals surface area (Å²) in [4.78, 5) is 14.2. The van der Waals surface area contributed by atoms with Crippen molar-refractivity contribution >= 4 is 21.8 Å². The van der Waals surface area contributed by atoms with Crippen molar-refractivity contribution in [3.8, 4) is 0 Å². The standard InChI is InChI=1S/C15H20BrNO/c1-10(2)14(16)15(18)17(3)13-9-8-11-6-4-5-7-12(11)13/h4-7,10,13-14H,8-9H2,1-3H3. The second kappa shape index (κ2) is 5.43. The Bertz CT molecular complexity index is 444. The zero-order chi connectivity index (χ0) is 13.3. The third-order valence-electron chi connectivity index (χ3n) is 3.74. The van der Waals surface area contributed by atoms with Gasteiger partial charge in [0.15, 0.2) is 0 Å². The molecule has 0 bridgehead atoms. The third kappa shape index (κ3) is 2.46. The van der Waals surface area contributed by atoms with Crippen LogP contribution in [0.25, 0.3) is 0 Å². The maximum atomic E-state index is 12.4. The van der Waals surface area contributed by atoms with Crippen LogP contribution in [-0.2, 0) is 11.2 Å². The van der Waals surface area contributed by atoms with Gasteiger partial charge >= 0.3 is 0 Å². The first-order valence-electron chi connectivity index (χ1n) is 6.51. The van der Waals surface area contributed by atoms with Crippen molar-refractivity contribution in [3.05, 3.63) is 35.4 Å².